The number of nitrogens with one attached hydrogen (secondary N) is 1. The maximum atomic E-state index is 12.3. The first kappa shape index (κ1) is 16.2. The van der Waals surface area contributed by atoms with E-state index in [1.807, 2.05) is 29.3 Å². The van der Waals surface area contributed by atoms with Gasteiger partial charge in [0.1, 0.15) is 0 Å². The first-order valence-electron chi connectivity index (χ1n) is 8.44. The van der Waals surface area contributed by atoms with Crippen molar-refractivity contribution >= 4 is 6.03 Å². The fraction of sp³-hybridized carbons (Fsp3) is 0.647. The van der Waals surface area contributed by atoms with Crippen molar-refractivity contribution in [1.82, 2.24) is 20.1 Å². The summed E-state index contributed by atoms with van der Waals surface area (Å²) >= 11 is 0. The topological polar surface area (TPSA) is 57.7 Å². The average molecular weight is 318 g/mol. The van der Waals surface area contributed by atoms with Crippen molar-refractivity contribution in [1.29, 1.82) is 0 Å². The monoisotopic (exact) mass is 318 g/mol. The lowest BCUT2D eigenvalue weighted by Gasteiger charge is -2.35. The normalized spacial score (nSPS) is 25.5. The van der Waals surface area contributed by atoms with Crippen LogP contribution in [0, 0.1) is 0 Å². The highest BCUT2D eigenvalue weighted by molar-refractivity contribution is 5.74. The SMILES string of the molecule is CC1(CNC(=O)N2CCN(Cc3ccccn3)CC2)CCCO1. The van der Waals surface area contributed by atoms with Gasteiger partial charge in [-0.3, -0.25) is 9.88 Å². The Morgan fingerprint density at radius 2 is 2.17 bits per heavy atom. The fourth-order valence-electron chi connectivity index (χ4n) is 3.18. The molecule has 23 heavy (non-hydrogen) atoms. The molecule has 1 N–H and O–H groups in total. The summed E-state index contributed by atoms with van der Waals surface area (Å²) in [5, 5.41) is 3.03. The number of urea groups is 1. The van der Waals surface area contributed by atoms with E-state index in [1.54, 1.807) is 0 Å². The number of rotatable bonds is 4. The van der Waals surface area contributed by atoms with Crippen molar-refractivity contribution in [2.24, 2.45) is 0 Å². The molecule has 3 heterocycles. The van der Waals surface area contributed by atoms with Crippen molar-refractivity contribution < 1.29 is 9.53 Å². The van der Waals surface area contributed by atoms with Gasteiger partial charge in [0, 0.05) is 52.1 Å². The molecular formula is C17H26N4O2. The van der Waals surface area contributed by atoms with Crippen molar-refractivity contribution in [3.63, 3.8) is 0 Å². The Hall–Kier alpha value is -1.66. The second kappa shape index (κ2) is 7.27. The molecule has 2 fully saturated rings. The Morgan fingerprint density at radius 1 is 1.35 bits per heavy atom. The minimum absolute atomic E-state index is 0.0270. The van der Waals surface area contributed by atoms with Crippen LogP contribution in [-0.4, -0.2) is 65.7 Å². The second-order valence-corrected chi connectivity index (χ2v) is 6.64. The molecule has 1 unspecified atom stereocenters. The molecule has 2 aliphatic heterocycles. The molecule has 0 bridgehead atoms. The molecule has 6 heteroatoms. The molecule has 0 spiro atoms. The zero-order chi connectivity index (χ0) is 16.1. The van der Waals surface area contributed by atoms with E-state index in [4.69, 9.17) is 4.74 Å². The van der Waals surface area contributed by atoms with Crippen LogP contribution in [0.2, 0.25) is 0 Å². The van der Waals surface area contributed by atoms with Gasteiger partial charge in [-0.25, -0.2) is 4.79 Å². The summed E-state index contributed by atoms with van der Waals surface area (Å²) in [6, 6.07) is 6.01. The molecule has 1 atom stereocenters. The summed E-state index contributed by atoms with van der Waals surface area (Å²) in [6.45, 7) is 7.62. The number of nitrogens with zero attached hydrogens (tertiary/aromatic N) is 3. The van der Waals surface area contributed by atoms with Gasteiger partial charge in [-0.15, -0.1) is 0 Å². The summed E-state index contributed by atoms with van der Waals surface area (Å²) in [6.07, 6.45) is 3.93. The molecule has 126 valence electrons. The number of amides is 2. The Balaban J connectivity index is 1.40. The van der Waals surface area contributed by atoms with E-state index in [2.05, 4.69) is 22.1 Å². The molecule has 0 aromatic carbocycles. The zero-order valence-electron chi connectivity index (χ0n) is 13.8. The van der Waals surface area contributed by atoms with E-state index in [1.165, 1.54) is 0 Å². The highest BCUT2D eigenvalue weighted by Crippen LogP contribution is 2.23. The van der Waals surface area contributed by atoms with Gasteiger partial charge in [-0.1, -0.05) is 6.07 Å². The first-order chi connectivity index (χ1) is 11.1. The lowest BCUT2D eigenvalue weighted by molar-refractivity contribution is 0.0213. The van der Waals surface area contributed by atoms with Crippen LogP contribution in [-0.2, 0) is 11.3 Å². The maximum absolute atomic E-state index is 12.3. The molecular weight excluding hydrogens is 292 g/mol. The molecule has 0 saturated carbocycles. The average Bonchev–Trinajstić information content (AvgIpc) is 3.01. The van der Waals surface area contributed by atoms with Crippen LogP contribution >= 0.6 is 0 Å². The number of pyridine rings is 1. The molecule has 2 amide bonds. The predicted octanol–water partition coefficient (Wildman–Crippen LogP) is 1.48. The van der Waals surface area contributed by atoms with E-state index in [0.717, 1.165) is 57.9 Å². The summed E-state index contributed by atoms with van der Waals surface area (Å²) < 4.78 is 5.71. The number of carbonyl (C=O) groups excluding carboxylic acids is 1. The molecule has 1 aromatic heterocycles. The molecule has 0 radical (unpaired) electrons. The number of piperazine rings is 1. The van der Waals surface area contributed by atoms with Crippen LogP contribution in [0.4, 0.5) is 4.79 Å². The quantitative estimate of drug-likeness (QED) is 0.913. The van der Waals surface area contributed by atoms with E-state index in [0.29, 0.717) is 6.54 Å². The van der Waals surface area contributed by atoms with Crippen LogP contribution in [0.25, 0.3) is 0 Å². The van der Waals surface area contributed by atoms with E-state index < -0.39 is 0 Å². The third-order valence-electron chi connectivity index (χ3n) is 4.69. The zero-order valence-corrected chi connectivity index (χ0v) is 13.8. The lowest BCUT2D eigenvalue weighted by Crippen LogP contribution is -2.53. The van der Waals surface area contributed by atoms with Crippen molar-refractivity contribution in [3.05, 3.63) is 30.1 Å². The summed E-state index contributed by atoms with van der Waals surface area (Å²) in [5.74, 6) is 0. The van der Waals surface area contributed by atoms with Gasteiger partial charge in [0.25, 0.3) is 0 Å². The number of hydrogen-bond donors (Lipinski definition) is 1. The van der Waals surface area contributed by atoms with Gasteiger partial charge in [-0.2, -0.15) is 0 Å². The van der Waals surface area contributed by atoms with Crippen LogP contribution in [0.1, 0.15) is 25.5 Å². The van der Waals surface area contributed by atoms with E-state index in [9.17, 15) is 4.79 Å². The molecule has 2 aliphatic rings. The van der Waals surface area contributed by atoms with Crippen molar-refractivity contribution in [2.45, 2.75) is 31.9 Å². The van der Waals surface area contributed by atoms with Gasteiger partial charge in [0.2, 0.25) is 0 Å². The largest absolute Gasteiger partial charge is 0.373 e. The number of carbonyl (C=O) groups is 1. The fourth-order valence-corrected chi connectivity index (χ4v) is 3.18. The Bertz CT molecular complexity index is 509. The summed E-state index contributed by atoms with van der Waals surface area (Å²) in [5.41, 5.74) is 0.896. The Kier molecular flexibility index (Phi) is 5.13. The standard InChI is InChI=1S/C17H26N4O2/c1-17(6-4-12-23-17)14-19-16(22)21-10-8-20(9-11-21)13-15-5-2-3-7-18-15/h2-3,5,7H,4,6,8-14H2,1H3,(H,19,22). The Labute approximate surface area is 137 Å². The third kappa shape index (κ3) is 4.42. The predicted molar refractivity (Wildman–Crippen MR) is 88.1 cm³/mol. The van der Waals surface area contributed by atoms with Gasteiger partial charge in [0.15, 0.2) is 0 Å². The first-order valence-corrected chi connectivity index (χ1v) is 8.44. The van der Waals surface area contributed by atoms with Gasteiger partial charge < -0.3 is 15.0 Å². The van der Waals surface area contributed by atoms with Crippen LogP contribution in [0.15, 0.2) is 24.4 Å². The van der Waals surface area contributed by atoms with E-state index >= 15 is 0 Å². The molecule has 2 saturated heterocycles. The van der Waals surface area contributed by atoms with Crippen LogP contribution < -0.4 is 5.32 Å². The minimum atomic E-state index is -0.184. The van der Waals surface area contributed by atoms with Gasteiger partial charge >= 0.3 is 6.03 Å². The second-order valence-electron chi connectivity index (χ2n) is 6.64. The molecule has 6 nitrogen and oxygen atoms in total. The minimum Gasteiger partial charge on any atom is -0.373 e. The van der Waals surface area contributed by atoms with Gasteiger partial charge in [0.05, 0.1) is 11.3 Å². The van der Waals surface area contributed by atoms with Gasteiger partial charge in [-0.05, 0) is 31.9 Å². The number of ether oxygens (including phenoxy) is 1. The van der Waals surface area contributed by atoms with E-state index in [-0.39, 0.29) is 11.6 Å². The summed E-state index contributed by atoms with van der Waals surface area (Å²) in [7, 11) is 0. The number of aromatic nitrogens is 1. The highest BCUT2D eigenvalue weighted by atomic mass is 16.5. The smallest absolute Gasteiger partial charge is 0.317 e. The molecule has 0 aliphatic carbocycles. The maximum Gasteiger partial charge on any atom is 0.317 e. The van der Waals surface area contributed by atoms with Crippen molar-refractivity contribution in [3.8, 4) is 0 Å². The number of hydrogen-bond acceptors (Lipinski definition) is 4. The third-order valence-corrected chi connectivity index (χ3v) is 4.69. The highest BCUT2D eigenvalue weighted by Gasteiger charge is 2.31. The molecule has 3 rings (SSSR count). The van der Waals surface area contributed by atoms with Crippen LogP contribution in [0.5, 0.6) is 0 Å². The Morgan fingerprint density at radius 3 is 2.83 bits per heavy atom. The summed E-state index contributed by atoms with van der Waals surface area (Å²) in [4.78, 5) is 20.9. The molecule has 1 aromatic rings. The lowest BCUT2D eigenvalue weighted by atomic mass is 10.0. The van der Waals surface area contributed by atoms with Crippen molar-refractivity contribution in [2.75, 3.05) is 39.3 Å². The van der Waals surface area contributed by atoms with Crippen LogP contribution in [0.3, 0.4) is 0 Å².